The van der Waals surface area contributed by atoms with E-state index >= 15 is 0 Å². The molecule has 0 aliphatic carbocycles. The van der Waals surface area contributed by atoms with E-state index in [9.17, 15) is 4.79 Å². The van der Waals surface area contributed by atoms with Crippen molar-refractivity contribution in [2.45, 2.75) is 13.8 Å². The molecule has 2 rings (SSSR count). The maximum atomic E-state index is 12.1. The van der Waals surface area contributed by atoms with Gasteiger partial charge in [-0.15, -0.1) is 5.10 Å². The van der Waals surface area contributed by atoms with Crippen molar-refractivity contribution in [2.75, 3.05) is 12.1 Å². The monoisotopic (exact) mass is 218 g/mol. The van der Waals surface area contributed by atoms with Gasteiger partial charge in [0.2, 0.25) is 5.90 Å². The van der Waals surface area contributed by atoms with E-state index in [0.29, 0.717) is 5.90 Å². The molecule has 0 fully saturated rings. The third-order valence-corrected chi connectivity index (χ3v) is 2.65. The highest BCUT2D eigenvalue weighted by Gasteiger charge is 2.45. The second-order valence-electron chi connectivity index (χ2n) is 4.19. The fourth-order valence-electron chi connectivity index (χ4n) is 1.66. The molecule has 4 heteroatoms. The zero-order chi connectivity index (χ0) is 11.8. The number of benzene rings is 1. The smallest absolute Gasteiger partial charge is 0.262 e. The molecule has 1 aromatic rings. The summed E-state index contributed by atoms with van der Waals surface area (Å²) in [4.78, 5) is 12.1. The van der Waals surface area contributed by atoms with Gasteiger partial charge >= 0.3 is 0 Å². The van der Waals surface area contributed by atoms with Crippen molar-refractivity contribution in [1.82, 2.24) is 0 Å². The van der Waals surface area contributed by atoms with Gasteiger partial charge in [-0.05, 0) is 26.0 Å². The van der Waals surface area contributed by atoms with Crippen LogP contribution in [0.2, 0.25) is 0 Å². The van der Waals surface area contributed by atoms with E-state index in [-0.39, 0.29) is 5.91 Å². The van der Waals surface area contributed by atoms with Crippen LogP contribution in [0.5, 0.6) is 0 Å². The van der Waals surface area contributed by atoms with E-state index in [1.54, 1.807) is 13.8 Å². The molecule has 0 saturated heterocycles. The first-order valence-corrected chi connectivity index (χ1v) is 5.10. The summed E-state index contributed by atoms with van der Waals surface area (Å²) in [7, 11) is 1.53. The Labute approximate surface area is 94.5 Å². The summed E-state index contributed by atoms with van der Waals surface area (Å²) in [5.41, 5.74) is 0.0672. The van der Waals surface area contributed by atoms with Crippen LogP contribution in [0.1, 0.15) is 13.8 Å². The van der Waals surface area contributed by atoms with Gasteiger partial charge in [0, 0.05) is 0 Å². The van der Waals surface area contributed by atoms with E-state index in [0.717, 1.165) is 5.69 Å². The topological polar surface area (TPSA) is 41.9 Å². The number of carbonyl (C=O) groups excluding carboxylic acids is 1. The van der Waals surface area contributed by atoms with Gasteiger partial charge in [-0.3, -0.25) is 4.79 Å². The van der Waals surface area contributed by atoms with Gasteiger partial charge in [-0.1, -0.05) is 18.2 Å². The highest BCUT2D eigenvalue weighted by atomic mass is 16.5. The van der Waals surface area contributed by atoms with Crippen molar-refractivity contribution in [1.29, 1.82) is 0 Å². The molecule has 0 bridgehead atoms. The van der Waals surface area contributed by atoms with Crippen molar-refractivity contribution in [3.63, 3.8) is 0 Å². The molecule has 16 heavy (non-hydrogen) atoms. The molecule has 4 nitrogen and oxygen atoms in total. The summed E-state index contributed by atoms with van der Waals surface area (Å²) >= 11 is 0. The molecule has 0 spiro atoms. The third kappa shape index (κ3) is 1.46. The standard InChI is InChI=1S/C12H14N2O2/c1-12(2)10(16-3)13-14(11(12)15)9-7-5-4-6-8-9/h4-8H,1-3H3. The van der Waals surface area contributed by atoms with Crippen LogP contribution in [0.4, 0.5) is 5.69 Å². The van der Waals surface area contributed by atoms with Crippen LogP contribution >= 0.6 is 0 Å². The van der Waals surface area contributed by atoms with E-state index in [1.807, 2.05) is 30.3 Å². The molecular weight excluding hydrogens is 204 g/mol. The number of hydrogen-bond acceptors (Lipinski definition) is 3. The molecule has 1 aliphatic rings. The summed E-state index contributed by atoms with van der Waals surface area (Å²) in [6.07, 6.45) is 0. The van der Waals surface area contributed by atoms with Crippen LogP contribution in [0.15, 0.2) is 35.4 Å². The molecule has 84 valence electrons. The minimum atomic E-state index is -0.690. The highest BCUT2D eigenvalue weighted by Crippen LogP contribution is 2.31. The molecule has 0 saturated carbocycles. The fraction of sp³-hybridized carbons (Fsp3) is 0.333. The fourth-order valence-corrected chi connectivity index (χ4v) is 1.66. The first-order chi connectivity index (χ1) is 7.57. The number of nitrogens with zero attached hydrogens (tertiary/aromatic N) is 2. The summed E-state index contributed by atoms with van der Waals surface area (Å²) in [5.74, 6) is 0.372. The largest absolute Gasteiger partial charge is 0.482 e. The first kappa shape index (κ1) is 10.7. The molecule has 0 aromatic heterocycles. The van der Waals surface area contributed by atoms with Crippen LogP contribution in [0, 0.1) is 5.41 Å². The Morgan fingerprint density at radius 3 is 2.38 bits per heavy atom. The summed E-state index contributed by atoms with van der Waals surface area (Å²) in [6.45, 7) is 3.61. The van der Waals surface area contributed by atoms with E-state index < -0.39 is 5.41 Å². The molecule has 0 radical (unpaired) electrons. The summed E-state index contributed by atoms with van der Waals surface area (Å²) < 4.78 is 5.14. The van der Waals surface area contributed by atoms with Crippen molar-refractivity contribution < 1.29 is 9.53 Å². The molecular formula is C12H14N2O2. The predicted molar refractivity (Wildman–Crippen MR) is 62.2 cm³/mol. The number of para-hydroxylation sites is 1. The van der Waals surface area contributed by atoms with Crippen LogP contribution in [0.3, 0.4) is 0 Å². The highest BCUT2D eigenvalue weighted by molar-refractivity contribution is 6.15. The Hall–Kier alpha value is -1.84. The van der Waals surface area contributed by atoms with E-state index in [4.69, 9.17) is 4.74 Å². The zero-order valence-corrected chi connectivity index (χ0v) is 9.60. The lowest BCUT2D eigenvalue weighted by molar-refractivity contribution is -0.123. The second kappa shape index (κ2) is 3.63. The number of ether oxygens (including phenoxy) is 1. The Bertz CT molecular complexity index is 438. The van der Waals surface area contributed by atoms with Gasteiger partial charge in [0.15, 0.2) is 0 Å². The summed E-state index contributed by atoms with van der Waals surface area (Å²) in [6, 6.07) is 9.33. The van der Waals surface area contributed by atoms with Crippen molar-refractivity contribution >= 4 is 17.5 Å². The van der Waals surface area contributed by atoms with Crippen LogP contribution in [0.25, 0.3) is 0 Å². The Balaban J connectivity index is 2.40. The number of anilines is 1. The third-order valence-electron chi connectivity index (χ3n) is 2.65. The Morgan fingerprint density at radius 1 is 1.25 bits per heavy atom. The maximum absolute atomic E-state index is 12.1. The van der Waals surface area contributed by atoms with Gasteiger partial charge in [-0.2, -0.15) is 5.01 Å². The van der Waals surface area contributed by atoms with Crippen molar-refractivity contribution in [3.8, 4) is 0 Å². The van der Waals surface area contributed by atoms with Gasteiger partial charge < -0.3 is 4.74 Å². The van der Waals surface area contributed by atoms with Gasteiger partial charge in [0.05, 0.1) is 12.8 Å². The van der Waals surface area contributed by atoms with E-state index in [1.165, 1.54) is 12.1 Å². The number of amides is 1. The van der Waals surface area contributed by atoms with Crippen molar-refractivity contribution in [3.05, 3.63) is 30.3 Å². The number of hydrazone groups is 1. The molecule has 1 aliphatic heterocycles. The Kier molecular flexibility index (Phi) is 2.42. The maximum Gasteiger partial charge on any atom is 0.262 e. The normalized spacial score (nSPS) is 18.6. The van der Waals surface area contributed by atoms with Gasteiger partial charge in [0.25, 0.3) is 5.91 Å². The summed E-state index contributed by atoms with van der Waals surface area (Å²) in [5, 5.41) is 5.58. The number of hydrogen-bond donors (Lipinski definition) is 0. The van der Waals surface area contributed by atoms with Crippen LogP contribution in [-0.2, 0) is 9.53 Å². The van der Waals surface area contributed by atoms with Gasteiger partial charge in [-0.25, -0.2) is 0 Å². The van der Waals surface area contributed by atoms with E-state index in [2.05, 4.69) is 5.10 Å². The molecule has 1 amide bonds. The predicted octanol–water partition coefficient (Wildman–Crippen LogP) is 2.02. The Morgan fingerprint density at radius 2 is 1.88 bits per heavy atom. The number of carbonyl (C=O) groups is 1. The average Bonchev–Trinajstić information content (AvgIpc) is 2.52. The lowest BCUT2D eigenvalue weighted by Gasteiger charge is -2.17. The lowest BCUT2D eigenvalue weighted by Crippen LogP contribution is -2.35. The minimum absolute atomic E-state index is 0.0736. The molecule has 1 aromatic carbocycles. The second-order valence-corrected chi connectivity index (χ2v) is 4.19. The first-order valence-electron chi connectivity index (χ1n) is 5.10. The zero-order valence-electron chi connectivity index (χ0n) is 9.60. The molecule has 0 unspecified atom stereocenters. The van der Waals surface area contributed by atoms with Crippen LogP contribution in [-0.4, -0.2) is 18.9 Å². The molecule has 1 heterocycles. The number of rotatable bonds is 1. The average molecular weight is 218 g/mol. The SMILES string of the molecule is COC1=NN(c2ccccc2)C(=O)C1(C)C. The van der Waals surface area contributed by atoms with Crippen molar-refractivity contribution in [2.24, 2.45) is 10.5 Å². The van der Waals surface area contributed by atoms with Gasteiger partial charge in [0.1, 0.15) is 5.41 Å². The number of methoxy groups -OCH3 is 1. The lowest BCUT2D eigenvalue weighted by atomic mass is 9.93. The minimum Gasteiger partial charge on any atom is -0.482 e. The molecule has 0 N–H and O–H groups in total. The molecule has 0 atom stereocenters. The van der Waals surface area contributed by atoms with Crippen LogP contribution < -0.4 is 5.01 Å². The quantitative estimate of drug-likeness (QED) is 0.723.